The van der Waals surface area contributed by atoms with E-state index in [1.807, 2.05) is 11.8 Å². The summed E-state index contributed by atoms with van der Waals surface area (Å²) in [7, 11) is 2.24. The van der Waals surface area contributed by atoms with Crippen molar-refractivity contribution in [3.05, 3.63) is 0 Å². The maximum Gasteiger partial charge on any atom is 0.0599 e. The molecule has 1 fully saturated rings. The number of nitrogens with one attached hydrogen (secondary N) is 1. The number of ether oxygens (including phenoxy) is 1. The molecule has 1 unspecified atom stereocenters. The topological polar surface area (TPSA) is 24.5 Å². The van der Waals surface area contributed by atoms with Gasteiger partial charge in [-0.15, -0.1) is 0 Å². The van der Waals surface area contributed by atoms with E-state index in [0.717, 1.165) is 38.7 Å². The van der Waals surface area contributed by atoms with Gasteiger partial charge >= 0.3 is 0 Å². The molecule has 1 heterocycles. The predicted octanol–water partition coefficient (Wildman–Crippen LogP) is 2.22. The molecule has 0 spiro atoms. The second kappa shape index (κ2) is 10.1. The zero-order chi connectivity index (χ0) is 13.2. The van der Waals surface area contributed by atoms with Crippen LogP contribution in [0.1, 0.15) is 32.6 Å². The summed E-state index contributed by atoms with van der Waals surface area (Å²) < 4.78 is 5.93. The smallest absolute Gasteiger partial charge is 0.0599 e. The molecule has 1 rings (SSSR count). The Morgan fingerprint density at radius 2 is 2.11 bits per heavy atom. The Morgan fingerprint density at radius 1 is 1.39 bits per heavy atom. The van der Waals surface area contributed by atoms with Crippen LogP contribution in [-0.4, -0.2) is 62.3 Å². The molecule has 18 heavy (non-hydrogen) atoms. The zero-order valence-electron chi connectivity index (χ0n) is 12.3. The molecule has 108 valence electrons. The number of hydrogen-bond donors (Lipinski definition) is 1. The lowest BCUT2D eigenvalue weighted by atomic mass is 10.1. The molecule has 1 aliphatic rings. The Labute approximate surface area is 117 Å². The molecule has 1 saturated heterocycles. The van der Waals surface area contributed by atoms with Gasteiger partial charge in [0.2, 0.25) is 0 Å². The van der Waals surface area contributed by atoms with Crippen LogP contribution in [0.3, 0.4) is 0 Å². The first-order valence-electron chi connectivity index (χ1n) is 7.29. The van der Waals surface area contributed by atoms with Crippen LogP contribution in [-0.2, 0) is 4.74 Å². The van der Waals surface area contributed by atoms with Gasteiger partial charge in [0.05, 0.1) is 6.10 Å². The second-order valence-corrected chi connectivity index (χ2v) is 6.08. The lowest BCUT2D eigenvalue weighted by Gasteiger charge is -2.27. The minimum Gasteiger partial charge on any atom is -0.378 e. The number of rotatable bonds is 9. The van der Waals surface area contributed by atoms with Gasteiger partial charge < -0.3 is 15.0 Å². The fourth-order valence-corrected chi connectivity index (χ4v) is 3.33. The summed E-state index contributed by atoms with van der Waals surface area (Å²) in [5.74, 6) is 1.24. The van der Waals surface area contributed by atoms with E-state index in [9.17, 15) is 0 Å². The molecule has 0 amide bonds. The quantitative estimate of drug-likeness (QED) is 0.652. The maximum atomic E-state index is 5.93. The third-order valence-electron chi connectivity index (χ3n) is 3.75. The Kier molecular flexibility index (Phi) is 9.11. The van der Waals surface area contributed by atoms with E-state index in [0.29, 0.717) is 6.10 Å². The molecular formula is C14H30N2OS. The Bertz CT molecular complexity index is 198. The molecule has 0 aliphatic carbocycles. The summed E-state index contributed by atoms with van der Waals surface area (Å²) in [4.78, 5) is 2.49. The van der Waals surface area contributed by atoms with Crippen molar-refractivity contribution in [2.45, 2.75) is 44.8 Å². The van der Waals surface area contributed by atoms with Crippen LogP contribution in [0, 0.1) is 0 Å². The highest BCUT2D eigenvalue weighted by atomic mass is 32.2. The first-order valence-corrected chi connectivity index (χ1v) is 8.68. The molecule has 0 aromatic heterocycles. The second-order valence-electron chi connectivity index (χ2n) is 5.17. The summed E-state index contributed by atoms with van der Waals surface area (Å²) in [6.45, 7) is 6.60. The number of hydrogen-bond acceptors (Lipinski definition) is 4. The standard InChI is InChI=1S/C14H30N2OS/c1-4-13(12-18-3)16(2)10-5-11-17-14-6-8-15-9-7-14/h13-15H,4-12H2,1-3H3. The Morgan fingerprint density at radius 3 is 2.72 bits per heavy atom. The van der Waals surface area contributed by atoms with Crippen LogP contribution in [0.15, 0.2) is 0 Å². The van der Waals surface area contributed by atoms with E-state index >= 15 is 0 Å². The highest BCUT2D eigenvalue weighted by molar-refractivity contribution is 7.98. The maximum absolute atomic E-state index is 5.93. The number of nitrogens with zero attached hydrogens (tertiary/aromatic N) is 1. The van der Waals surface area contributed by atoms with E-state index in [1.54, 1.807) is 0 Å². The van der Waals surface area contributed by atoms with Crippen molar-refractivity contribution in [2.75, 3.05) is 45.3 Å². The van der Waals surface area contributed by atoms with Crippen molar-refractivity contribution in [2.24, 2.45) is 0 Å². The van der Waals surface area contributed by atoms with Gasteiger partial charge in [-0.2, -0.15) is 11.8 Å². The summed E-state index contributed by atoms with van der Waals surface area (Å²) in [5, 5.41) is 3.37. The zero-order valence-corrected chi connectivity index (χ0v) is 13.1. The van der Waals surface area contributed by atoms with Gasteiger partial charge in [-0.1, -0.05) is 6.92 Å². The van der Waals surface area contributed by atoms with E-state index in [2.05, 4.69) is 30.4 Å². The first-order chi connectivity index (χ1) is 8.77. The fraction of sp³-hybridized carbons (Fsp3) is 1.00. The molecule has 0 aromatic rings. The monoisotopic (exact) mass is 274 g/mol. The average Bonchev–Trinajstić information content (AvgIpc) is 2.42. The Hall–Kier alpha value is 0.230. The SMILES string of the molecule is CCC(CSC)N(C)CCCOC1CCNCC1. The van der Waals surface area contributed by atoms with Crippen LogP contribution in [0.5, 0.6) is 0 Å². The molecule has 0 saturated carbocycles. The lowest BCUT2D eigenvalue weighted by molar-refractivity contribution is 0.0275. The molecule has 0 radical (unpaired) electrons. The summed E-state index contributed by atoms with van der Waals surface area (Å²) in [5.41, 5.74) is 0. The minimum atomic E-state index is 0.504. The molecule has 0 aromatic carbocycles. The van der Waals surface area contributed by atoms with Gasteiger partial charge in [-0.3, -0.25) is 0 Å². The largest absolute Gasteiger partial charge is 0.378 e. The highest BCUT2D eigenvalue weighted by Crippen LogP contribution is 2.10. The van der Waals surface area contributed by atoms with Crippen LogP contribution in [0.2, 0.25) is 0 Å². The summed E-state index contributed by atoms with van der Waals surface area (Å²) in [6, 6.07) is 0.721. The molecular weight excluding hydrogens is 244 g/mol. The molecule has 1 atom stereocenters. The number of piperidine rings is 1. The summed E-state index contributed by atoms with van der Waals surface area (Å²) in [6.07, 6.45) is 7.46. The highest BCUT2D eigenvalue weighted by Gasteiger charge is 2.14. The van der Waals surface area contributed by atoms with Gasteiger partial charge in [0.25, 0.3) is 0 Å². The van der Waals surface area contributed by atoms with Crippen molar-refractivity contribution >= 4 is 11.8 Å². The fourth-order valence-electron chi connectivity index (χ4n) is 2.46. The lowest BCUT2D eigenvalue weighted by Crippen LogP contribution is -2.35. The van der Waals surface area contributed by atoms with Crippen molar-refractivity contribution in [1.82, 2.24) is 10.2 Å². The van der Waals surface area contributed by atoms with Crippen molar-refractivity contribution in [1.29, 1.82) is 0 Å². The third-order valence-corrected chi connectivity index (χ3v) is 4.47. The van der Waals surface area contributed by atoms with E-state index in [-0.39, 0.29) is 0 Å². The summed E-state index contributed by atoms with van der Waals surface area (Å²) >= 11 is 1.94. The minimum absolute atomic E-state index is 0.504. The van der Waals surface area contributed by atoms with E-state index in [4.69, 9.17) is 4.74 Å². The van der Waals surface area contributed by atoms with Gasteiger partial charge in [-0.05, 0) is 52.1 Å². The third kappa shape index (κ3) is 6.41. The normalized spacial score (nSPS) is 19.3. The van der Waals surface area contributed by atoms with Crippen molar-refractivity contribution < 1.29 is 4.74 Å². The molecule has 0 bridgehead atoms. The van der Waals surface area contributed by atoms with Gasteiger partial charge in [0, 0.05) is 24.9 Å². The van der Waals surface area contributed by atoms with Crippen molar-refractivity contribution in [3.63, 3.8) is 0 Å². The van der Waals surface area contributed by atoms with E-state index in [1.165, 1.54) is 25.0 Å². The van der Waals surface area contributed by atoms with Crippen LogP contribution in [0.4, 0.5) is 0 Å². The van der Waals surface area contributed by atoms with Gasteiger partial charge in [0.1, 0.15) is 0 Å². The Balaban J connectivity index is 2.05. The molecule has 3 nitrogen and oxygen atoms in total. The van der Waals surface area contributed by atoms with Crippen LogP contribution < -0.4 is 5.32 Å². The van der Waals surface area contributed by atoms with Gasteiger partial charge in [0.15, 0.2) is 0 Å². The number of thioether (sulfide) groups is 1. The average molecular weight is 274 g/mol. The molecule has 1 N–H and O–H groups in total. The predicted molar refractivity (Wildman–Crippen MR) is 81.6 cm³/mol. The molecule has 1 aliphatic heterocycles. The van der Waals surface area contributed by atoms with Crippen molar-refractivity contribution in [3.8, 4) is 0 Å². The first kappa shape index (κ1) is 16.3. The van der Waals surface area contributed by atoms with Crippen LogP contribution in [0.25, 0.3) is 0 Å². The molecule has 4 heteroatoms. The van der Waals surface area contributed by atoms with Gasteiger partial charge in [-0.25, -0.2) is 0 Å². The van der Waals surface area contributed by atoms with E-state index < -0.39 is 0 Å². The van der Waals surface area contributed by atoms with Crippen LogP contribution >= 0.6 is 11.8 Å².